The predicted octanol–water partition coefficient (Wildman–Crippen LogP) is 5.81. The smallest absolute Gasteiger partial charge is 0.421 e. The fourth-order valence-electron chi connectivity index (χ4n) is 6.21. The molecule has 10 heteroatoms. The number of fused-ring (bicyclic) bond motifs is 2. The SMILES string of the molecule is CCOC(=O)[C@@H]1[C@@]2(C(=O)N(C(=O)OC(C)(C)C)c3cc(Br)ccc32)C(c2ccccc2)=N[C@]1(Cc1ccccc1)C(=O)OC. The van der Waals surface area contributed by atoms with Crippen molar-refractivity contribution in [1.29, 1.82) is 0 Å². The van der Waals surface area contributed by atoms with E-state index < -0.39 is 46.4 Å². The molecule has 0 aliphatic carbocycles. The molecule has 3 aromatic carbocycles. The average molecular weight is 662 g/mol. The first-order valence-corrected chi connectivity index (χ1v) is 15.0. The zero-order valence-corrected chi connectivity index (χ0v) is 26.7. The number of hydrogen-bond acceptors (Lipinski definition) is 8. The van der Waals surface area contributed by atoms with Crippen molar-refractivity contribution in [3.05, 3.63) is 100 Å². The van der Waals surface area contributed by atoms with Gasteiger partial charge < -0.3 is 14.2 Å². The van der Waals surface area contributed by atoms with Gasteiger partial charge in [-0.2, -0.15) is 0 Å². The number of aliphatic imine (C=N–C) groups is 1. The van der Waals surface area contributed by atoms with Crippen molar-refractivity contribution in [3.63, 3.8) is 0 Å². The van der Waals surface area contributed by atoms with E-state index in [0.717, 1.165) is 4.90 Å². The molecule has 0 saturated carbocycles. The van der Waals surface area contributed by atoms with Crippen molar-refractivity contribution in [2.45, 2.75) is 50.7 Å². The molecule has 5 rings (SSSR count). The van der Waals surface area contributed by atoms with E-state index in [1.54, 1.807) is 76.2 Å². The zero-order valence-electron chi connectivity index (χ0n) is 25.1. The number of methoxy groups -OCH3 is 1. The number of benzene rings is 3. The second-order valence-corrected chi connectivity index (χ2v) is 12.6. The molecule has 3 atom stereocenters. The summed E-state index contributed by atoms with van der Waals surface area (Å²) in [7, 11) is 1.22. The average Bonchev–Trinajstić information content (AvgIpc) is 3.42. The Morgan fingerprint density at radius 2 is 1.61 bits per heavy atom. The van der Waals surface area contributed by atoms with E-state index in [0.29, 0.717) is 21.2 Å². The van der Waals surface area contributed by atoms with Gasteiger partial charge in [0.1, 0.15) is 16.9 Å². The van der Waals surface area contributed by atoms with Crippen LogP contribution in [0.4, 0.5) is 10.5 Å². The maximum atomic E-state index is 15.1. The monoisotopic (exact) mass is 660 g/mol. The van der Waals surface area contributed by atoms with Gasteiger partial charge in [-0.15, -0.1) is 0 Å². The highest BCUT2D eigenvalue weighted by molar-refractivity contribution is 9.10. The van der Waals surface area contributed by atoms with Crippen molar-refractivity contribution in [3.8, 4) is 0 Å². The quantitative estimate of drug-likeness (QED) is 0.242. The molecule has 9 nitrogen and oxygen atoms in total. The van der Waals surface area contributed by atoms with Crippen LogP contribution in [0.25, 0.3) is 0 Å². The fourth-order valence-corrected chi connectivity index (χ4v) is 6.56. The number of carbonyl (C=O) groups excluding carboxylic acids is 4. The van der Waals surface area contributed by atoms with Crippen LogP contribution in [-0.2, 0) is 40.4 Å². The third kappa shape index (κ3) is 5.00. The van der Waals surface area contributed by atoms with Gasteiger partial charge >= 0.3 is 18.0 Å². The summed E-state index contributed by atoms with van der Waals surface area (Å²) in [4.78, 5) is 63.4. The molecule has 0 radical (unpaired) electrons. The van der Waals surface area contributed by atoms with E-state index in [9.17, 15) is 14.4 Å². The number of rotatable bonds is 6. The van der Waals surface area contributed by atoms with Gasteiger partial charge in [-0.25, -0.2) is 14.5 Å². The topological polar surface area (TPSA) is 112 Å². The first-order valence-electron chi connectivity index (χ1n) is 14.2. The minimum Gasteiger partial charge on any atom is -0.467 e. The summed E-state index contributed by atoms with van der Waals surface area (Å²) < 4.78 is 17.3. The van der Waals surface area contributed by atoms with Crippen molar-refractivity contribution in [2.75, 3.05) is 18.6 Å². The molecule has 2 heterocycles. The van der Waals surface area contributed by atoms with Gasteiger partial charge in [-0.1, -0.05) is 82.7 Å². The predicted molar refractivity (Wildman–Crippen MR) is 168 cm³/mol. The molecule has 228 valence electrons. The molecule has 0 bridgehead atoms. The van der Waals surface area contributed by atoms with E-state index in [1.165, 1.54) is 7.11 Å². The summed E-state index contributed by atoms with van der Waals surface area (Å²) in [6, 6.07) is 22.9. The van der Waals surface area contributed by atoms with Gasteiger partial charge in [0.2, 0.25) is 0 Å². The minimum absolute atomic E-state index is 0.0220. The molecular weight excluding hydrogens is 628 g/mol. The van der Waals surface area contributed by atoms with Crippen molar-refractivity contribution in [2.24, 2.45) is 10.9 Å². The van der Waals surface area contributed by atoms with Crippen LogP contribution in [0.3, 0.4) is 0 Å². The Balaban J connectivity index is 1.90. The molecule has 44 heavy (non-hydrogen) atoms. The Kier molecular flexibility index (Phi) is 8.24. The lowest BCUT2D eigenvalue weighted by Gasteiger charge is -2.37. The molecule has 2 aliphatic rings. The highest BCUT2D eigenvalue weighted by Crippen LogP contribution is 2.58. The first-order chi connectivity index (χ1) is 20.9. The van der Waals surface area contributed by atoms with Gasteiger partial charge in [0.15, 0.2) is 5.54 Å². The second-order valence-electron chi connectivity index (χ2n) is 11.7. The molecule has 3 aromatic rings. The number of ether oxygens (including phenoxy) is 3. The lowest BCUT2D eigenvalue weighted by atomic mass is 9.61. The minimum atomic E-state index is -1.95. The van der Waals surface area contributed by atoms with Crippen molar-refractivity contribution >= 4 is 51.3 Å². The Hall–Kier alpha value is -4.31. The molecule has 0 unspecified atom stereocenters. The van der Waals surface area contributed by atoms with Gasteiger partial charge in [0, 0.05) is 10.9 Å². The largest absolute Gasteiger partial charge is 0.467 e. The van der Waals surface area contributed by atoms with E-state index in [4.69, 9.17) is 19.2 Å². The third-order valence-corrected chi connectivity index (χ3v) is 8.26. The number of esters is 2. The summed E-state index contributed by atoms with van der Waals surface area (Å²) in [5.41, 5.74) is -2.97. The number of nitrogens with zero attached hydrogens (tertiary/aromatic N) is 2. The molecule has 1 spiro atoms. The lowest BCUT2D eigenvalue weighted by molar-refractivity contribution is -0.162. The Bertz CT molecular complexity index is 1650. The van der Waals surface area contributed by atoms with Crippen molar-refractivity contribution in [1.82, 2.24) is 0 Å². The maximum absolute atomic E-state index is 15.1. The Morgan fingerprint density at radius 1 is 0.977 bits per heavy atom. The van der Waals surface area contributed by atoms with Gasteiger partial charge in [-0.05, 0) is 56.5 Å². The van der Waals surface area contributed by atoms with Crippen LogP contribution in [-0.4, -0.2) is 54.5 Å². The standard InChI is InChI=1S/C34H33BrN2O7/c1-6-43-28(38)26-33(30(40)42-5,20-21-13-9-7-10-14-21)36-27(22-15-11-8-12-16-22)34(26)24-18-17-23(35)19-25(24)37(29(34)39)31(41)44-32(2,3)4/h7-19,26H,6,20H2,1-5H3/t26-,33-,34+/m0/s1. The van der Waals surface area contributed by atoms with Crippen LogP contribution in [0.2, 0.25) is 0 Å². The van der Waals surface area contributed by atoms with Crippen LogP contribution in [0.5, 0.6) is 0 Å². The molecule has 0 fully saturated rings. The Morgan fingerprint density at radius 3 is 2.20 bits per heavy atom. The number of imide groups is 1. The van der Waals surface area contributed by atoms with Gasteiger partial charge in [-0.3, -0.25) is 14.6 Å². The van der Waals surface area contributed by atoms with Crippen LogP contribution in [0, 0.1) is 5.92 Å². The third-order valence-electron chi connectivity index (χ3n) is 7.76. The maximum Gasteiger partial charge on any atom is 0.421 e. The molecule has 2 aliphatic heterocycles. The number of halogens is 1. The lowest BCUT2D eigenvalue weighted by Crippen LogP contribution is -2.60. The van der Waals surface area contributed by atoms with Crippen LogP contribution < -0.4 is 4.90 Å². The van der Waals surface area contributed by atoms with E-state index in [-0.39, 0.29) is 24.4 Å². The van der Waals surface area contributed by atoms with Crippen LogP contribution in [0.15, 0.2) is 88.3 Å². The number of anilines is 1. The number of amides is 2. The summed E-state index contributed by atoms with van der Waals surface area (Å²) in [6.45, 7) is 6.70. The number of hydrogen-bond donors (Lipinski definition) is 0. The second kappa shape index (κ2) is 11.6. The summed E-state index contributed by atoms with van der Waals surface area (Å²) >= 11 is 3.46. The summed E-state index contributed by atoms with van der Waals surface area (Å²) in [6.07, 6.45) is -0.999. The first kappa shape index (κ1) is 31.1. The van der Waals surface area contributed by atoms with Crippen molar-refractivity contribution < 1.29 is 33.4 Å². The van der Waals surface area contributed by atoms with E-state index in [2.05, 4.69) is 15.9 Å². The highest BCUT2D eigenvalue weighted by atomic mass is 79.9. The molecular formula is C34H33BrN2O7. The zero-order chi connectivity index (χ0) is 31.9. The molecule has 0 N–H and O–H groups in total. The highest BCUT2D eigenvalue weighted by Gasteiger charge is 2.74. The summed E-state index contributed by atoms with van der Waals surface area (Å²) in [5.74, 6) is -3.96. The van der Waals surface area contributed by atoms with Crippen LogP contribution in [0.1, 0.15) is 44.4 Å². The van der Waals surface area contributed by atoms with E-state index in [1.807, 2.05) is 30.3 Å². The molecule has 2 amide bonds. The van der Waals surface area contributed by atoms with E-state index >= 15 is 4.79 Å². The van der Waals surface area contributed by atoms with Crippen LogP contribution >= 0.6 is 15.9 Å². The van der Waals surface area contributed by atoms with Gasteiger partial charge in [0.05, 0.1) is 25.1 Å². The Labute approximate surface area is 264 Å². The fraction of sp³-hybridized carbons (Fsp3) is 0.324. The molecule has 0 saturated heterocycles. The summed E-state index contributed by atoms with van der Waals surface area (Å²) in [5, 5.41) is 0. The normalized spacial score (nSPS) is 22.4. The van der Waals surface area contributed by atoms with Gasteiger partial charge in [0.25, 0.3) is 5.91 Å². The number of carbonyl (C=O) groups is 4. The molecule has 0 aromatic heterocycles.